The lowest BCUT2D eigenvalue weighted by atomic mass is 9.95. The Morgan fingerprint density at radius 1 is 0.950 bits per heavy atom. The van der Waals surface area contributed by atoms with E-state index >= 15 is 0 Å². The SMILES string of the molecule is C=C1C[C@H](Cc2ccc(-c3ccccc3)cc2)C[C@H]1C. The van der Waals surface area contributed by atoms with Gasteiger partial charge in [-0.15, -0.1) is 0 Å². The zero-order valence-corrected chi connectivity index (χ0v) is 12.2. The van der Waals surface area contributed by atoms with Crippen LogP contribution in [0.4, 0.5) is 0 Å². The molecule has 2 aromatic rings. The van der Waals surface area contributed by atoms with Crippen molar-refractivity contribution in [2.45, 2.75) is 26.2 Å². The van der Waals surface area contributed by atoms with Gasteiger partial charge in [0.25, 0.3) is 0 Å². The maximum Gasteiger partial charge on any atom is -0.0184 e. The summed E-state index contributed by atoms with van der Waals surface area (Å²) in [5.41, 5.74) is 5.49. The van der Waals surface area contributed by atoms with Gasteiger partial charge in [0.2, 0.25) is 0 Å². The first-order chi connectivity index (χ1) is 9.72. The Kier molecular flexibility index (Phi) is 3.73. The Labute approximate surface area is 122 Å². The molecule has 3 rings (SSSR count). The Hall–Kier alpha value is -1.82. The molecule has 0 heteroatoms. The van der Waals surface area contributed by atoms with Crippen molar-refractivity contribution in [3.63, 3.8) is 0 Å². The maximum atomic E-state index is 4.18. The van der Waals surface area contributed by atoms with Gasteiger partial charge in [0.05, 0.1) is 0 Å². The minimum absolute atomic E-state index is 0.712. The van der Waals surface area contributed by atoms with Crippen LogP contribution in [0.2, 0.25) is 0 Å². The topological polar surface area (TPSA) is 0 Å². The molecule has 0 nitrogen and oxygen atoms in total. The van der Waals surface area contributed by atoms with Gasteiger partial charge in [0.1, 0.15) is 0 Å². The van der Waals surface area contributed by atoms with Gasteiger partial charge in [0.15, 0.2) is 0 Å². The molecule has 1 fully saturated rings. The largest absolute Gasteiger partial charge is 0.0996 e. The summed E-state index contributed by atoms with van der Waals surface area (Å²) < 4.78 is 0. The molecule has 0 unspecified atom stereocenters. The van der Waals surface area contributed by atoms with Crippen LogP contribution in [-0.2, 0) is 6.42 Å². The summed E-state index contributed by atoms with van der Waals surface area (Å²) in [5, 5.41) is 0. The van der Waals surface area contributed by atoms with E-state index in [1.54, 1.807) is 0 Å². The van der Waals surface area contributed by atoms with Gasteiger partial charge in [-0.3, -0.25) is 0 Å². The summed E-state index contributed by atoms with van der Waals surface area (Å²) in [5.74, 6) is 1.50. The van der Waals surface area contributed by atoms with E-state index in [4.69, 9.17) is 0 Å². The molecule has 0 N–H and O–H groups in total. The Morgan fingerprint density at radius 3 is 2.20 bits per heavy atom. The van der Waals surface area contributed by atoms with Crippen molar-refractivity contribution in [2.75, 3.05) is 0 Å². The van der Waals surface area contributed by atoms with Crippen molar-refractivity contribution in [1.82, 2.24) is 0 Å². The molecule has 0 saturated heterocycles. The minimum Gasteiger partial charge on any atom is -0.0996 e. The average molecular weight is 262 g/mol. The fourth-order valence-corrected chi connectivity index (χ4v) is 3.27. The van der Waals surface area contributed by atoms with Crippen molar-refractivity contribution in [3.05, 3.63) is 72.3 Å². The smallest absolute Gasteiger partial charge is 0.0184 e. The van der Waals surface area contributed by atoms with E-state index in [1.165, 1.54) is 41.5 Å². The molecule has 20 heavy (non-hydrogen) atoms. The lowest BCUT2D eigenvalue weighted by Gasteiger charge is -2.10. The fraction of sp³-hybridized carbons (Fsp3) is 0.300. The van der Waals surface area contributed by atoms with Crippen molar-refractivity contribution in [2.24, 2.45) is 11.8 Å². The minimum atomic E-state index is 0.712. The predicted molar refractivity (Wildman–Crippen MR) is 86.6 cm³/mol. The summed E-state index contributed by atoms with van der Waals surface area (Å²) in [7, 11) is 0. The molecule has 2 atom stereocenters. The molecule has 0 heterocycles. The van der Waals surface area contributed by atoms with Crippen LogP contribution >= 0.6 is 0 Å². The lowest BCUT2D eigenvalue weighted by Crippen LogP contribution is -1.99. The van der Waals surface area contributed by atoms with Gasteiger partial charge in [-0.1, -0.05) is 73.7 Å². The van der Waals surface area contributed by atoms with Gasteiger partial charge in [-0.25, -0.2) is 0 Å². The van der Waals surface area contributed by atoms with Crippen molar-refractivity contribution in [1.29, 1.82) is 0 Å². The van der Waals surface area contributed by atoms with Gasteiger partial charge >= 0.3 is 0 Å². The summed E-state index contributed by atoms with van der Waals surface area (Å²) >= 11 is 0. The Morgan fingerprint density at radius 2 is 1.60 bits per heavy atom. The molecule has 0 bridgehead atoms. The molecule has 0 amide bonds. The van der Waals surface area contributed by atoms with Gasteiger partial charge in [-0.05, 0) is 47.8 Å². The fourth-order valence-electron chi connectivity index (χ4n) is 3.27. The zero-order chi connectivity index (χ0) is 13.9. The molecule has 2 aromatic carbocycles. The molecule has 0 aromatic heterocycles. The third-order valence-corrected chi connectivity index (χ3v) is 4.52. The van der Waals surface area contributed by atoms with Crippen LogP contribution in [0.5, 0.6) is 0 Å². The van der Waals surface area contributed by atoms with E-state index in [0.717, 1.165) is 5.92 Å². The van der Waals surface area contributed by atoms with Crippen LogP contribution in [0.1, 0.15) is 25.3 Å². The highest BCUT2D eigenvalue weighted by Gasteiger charge is 2.24. The van der Waals surface area contributed by atoms with Crippen molar-refractivity contribution in [3.8, 4) is 11.1 Å². The summed E-state index contributed by atoms with van der Waals surface area (Å²) in [4.78, 5) is 0. The lowest BCUT2D eigenvalue weighted by molar-refractivity contribution is 0.514. The van der Waals surface area contributed by atoms with Crippen LogP contribution in [0.15, 0.2) is 66.7 Å². The third kappa shape index (κ3) is 2.85. The predicted octanol–water partition coefficient (Wildman–Crippen LogP) is 5.50. The quantitative estimate of drug-likeness (QED) is 0.641. The van der Waals surface area contributed by atoms with Crippen LogP contribution in [0.3, 0.4) is 0 Å². The highest BCUT2D eigenvalue weighted by Crippen LogP contribution is 2.36. The van der Waals surface area contributed by atoms with Gasteiger partial charge in [-0.2, -0.15) is 0 Å². The summed E-state index contributed by atoms with van der Waals surface area (Å²) in [6.07, 6.45) is 3.71. The first-order valence-electron chi connectivity index (χ1n) is 7.54. The van der Waals surface area contributed by atoms with Gasteiger partial charge in [0, 0.05) is 0 Å². The third-order valence-electron chi connectivity index (χ3n) is 4.52. The highest BCUT2D eigenvalue weighted by atomic mass is 14.3. The average Bonchev–Trinajstić information content (AvgIpc) is 2.79. The van der Waals surface area contributed by atoms with Crippen LogP contribution in [0.25, 0.3) is 11.1 Å². The second-order valence-corrected chi connectivity index (χ2v) is 6.13. The highest BCUT2D eigenvalue weighted by molar-refractivity contribution is 5.63. The van der Waals surface area contributed by atoms with Crippen LogP contribution < -0.4 is 0 Å². The Bertz CT molecular complexity index is 577. The molecule has 102 valence electrons. The normalized spacial score (nSPS) is 22.1. The van der Waals surface area contributed by atoms with Crippen molar-refractivity contribution >= 4 is 0 Å². The molecule has 1 saturated carbocycles. The van der Waals surface area contributed by atoms with Gasteiger partial charge < -0.3 is 0 Å². The first kappa shape index (κ1) is 13.2. The monoisotopic (exact) mass is 262 g/mol. The molecular weight excluding hydrogens is 240 g/mol. The number of benzene rings is 2. The number of hydrogen-bond donors (Lipinski definition) is 0. The molecule has 0 radical (unpaired) electrons. The molecule has 1 aliphatic rings. The van der Waals surface area contributed by atoms with E-state index in [9.17, 15) is 0 Å². The van der Waals surface area contributed by atoms with E-state index in [-0.39, 0.29) is 0 Å². The second kappa shape index (κ2) is 5.66. The van der Waals surface area contributed by atoms with Crippen LogP contribution in [0, 0.1) is 11.8 Å². The second-order valence-electron chi connectivity index (χ2n) is 6.13. The standard InChI is InChI=1S/C20H22/c1-15-12-18(13-16(15)2)14-17-8-10-20(11-9-17)19-6-4-3-5-7-19/h3-11,16,18H,1,12-14H2,2H3/t16-,18+/m1/s1. The number of hydrogen-bond acceptors (Lipinski definition) is 0. The van der Waals surface area contributed by atoms with E-state index in [1.807, 2.05) is 0 Å². The number of allylic oxidation sites excluding steroid dienone is 1. The molecule has 0 spiro atoms. The molecule has 1 aliphatic carbocycles. The van der Waals surface area contributed by atoms with E-state index in [2.05, 4.69) is 68.1 Å². The molecule has 0 aliphatic heterocycles. The van der Waals surface area contributed by atoms with Crippen molar-refractivity contribution < 1.29 is 0 Å². The first-order valence-corrected chi connectivity index (χ1v) is 7.54. The van der Waals surface area contributed by atoms with E-state index < -0.39 is 0 Å². The zero-order valence-electron chi connectivity index (χ0n) is 12.2. The maximum absolute atomic E-state index is 4.18. The number of rotatable bonds is 3. The Balaban J connectivity index is 1.69. The molecular formula is C20H22. The summed E-state index contributed by atoms with van der Waals surface area (Å²) in [6.45, 7) is 6.49. The van der Waals surface area contributed by atoms with E-state index in [0.29, 0.717) is 5.92 Å². The summed E-state index contributed by atoms with van der Waals surface area (Å²) in [6, 6.07) is 19.6. The van der Waals surface area contributed by atoms with Crippen LogP contribution in [-0.4, -0.2) is 0 Å².